The molecule has 1 aliphatic rings. The molecule has 2 rings (SSSR count). The summed E-state index contributed by atoms with van der Waals surface area (Å²) in [5.74, 6) is -0.134. The average molecular weight is 340 g/mol. The minimum atomic E-state index is -0.597. The summed E-state index contributed by atoms with van der Waals surface area (Å²) in [6.07, 6.45) is 2.63. The van der Waals surface area contributed by atoms with Crippen LogP contribution in [0.5, 0.6) is 0 Å². The predicted octanol–water partition coefficient (Wildman–Crippen LogP) is 4.37. The third kappa shape index (κ3) is 3.35. The van der Waals surface area contributed by atoms with Crippen LogP contribution in [0.3, 0.4) is 0 Å². The molecule has 0 radical (unpaired) electrons. The molecule has 1 aromatic rings. The molecule has 1 aromatic carbocycles. The van der Waals surface area contributed by atoms with Gasteiger partial charge in [0, 0.05) is 10.2 Å². The van der Waals surface area contributed by atoms with Crippen LogP contribution in [0.2, 0.25) is 0 Å². The van der Waals surface area contributed by atoms with Gasteiger partial charge in [-0.05, 0) is 49.8 Å². The van der Waals surface area contributed by atoms with Gasteiger partial charge in [-0.25, -0.2) is 4.79 Å². The van der Waals surface area contributed by atoms with E-state index in [-0.39, 0.29) is 11.4 Å². The zero-order valence-corrected chi connectivity index (χ0v) is 13.9. The van der Waals surface area contributed by atoms with Gasteiger partial charge in [-0.1, -0.05) is 35.8 Å². The summed E-state index contributed by atoms with van der Waals surface area (Å²) in [5.41, 5.74) is 0.511. The standard InChI is InChI=1S/C16H22BrNO2/c1-4-20-14(19)16(9-8-15(2,3)11-16)18-13-7-5-6-12(17)10-13/h5-7,10,18H,4,8-9,11H2,1-3H3. The molecule has 0 saturated heterocycles. The maximum atomic E-state index is 12.4. The summed E-state index contributed by atoms with van der Waals surface area (Å²) in [7, 11) is 0. The van der Waals surface area contributed by atoms with E-state index in [0.29, 0.717) is 6.61 Å². The zero-order chi connectivity index (χ0) is 14.8. The van der Waals surface area contributed by atoms with Crippen molar-refractivity contribution >= 4 is 27.6 Å². The Morgan fingerprint density at radius 3 is 2.70 bits per heavy atom. The van der Waals surface area contributed by atoms with Gasteiger partial charge >= 0.3 is 5.97 Å². The molecule has 3 nitrogen and oxygen atoms in total. The quantitative estimate of drug-likeness (QED) is 0.827. The van der Waals surface area contributed by atoms with E-state index in [4.69, 9.17) is 4.74 Å². The first-order chi connectivity index (χ1) is 9.37. The summed E-state index contributed by atoms with van der Waals surface area (Å²) in [5, 5.41) is 3.43. The second-order valence-corrected chi connectivity index (χ2v) is 7.19. The van der Waals surface area contributed by atoms with Crippen molar-refractivity contribution in [2.24, 2.45) is 5.41 Å². The molecule has 4 heteroatoms. The number of carbonyl (C=O) groups excluding carboxylic acids is 1. The molecule has 1 fully saturated rings. The van der Waals surface area contributed by atoms with Gasteiger partial charge in [0.25, 0.3) is 0 Å². The van der Waals surface area contributed by atoms with Gasteiger partial charge < -0.3 is 10.1 Å². The average Bonchev–Trinajstić information content (AvgIpc) is 2.66. The Kier molecular flexibility index (Phi) is 4.43. The topological polar surface area (TPSA) is 38.3 Å². The normalized spacial score (nSPS) is 24.4. The van der Waals surface area contributed by atoms with E-state index in [0.717, 1.165) is 29.4 Å². The molecule has 1 N–H and O–H groups in total. The number of nitrogens with one attached hydrogen (secondary N) is 1. The fourth-order valence-corrected chi connectivity index (χ4v) is 3.39. The molecule has 1 aliphatic carbocycles. The summed E-state index contributed by atoms with van der Waals surface area (Å²) in [6.45, 7) is 6.68. The van der Waals surface area contributed by atoms with Crippen molar-refractivity contribution in [2.75, 3.05) is 11.9 Å². The van der Waals surface area contributed by atoms with E-state index in [1.54, 1.807) is 0 Å². The Morgan fingerprint density at radius 1 is 1.40 bits per heavy atom. The third-order valence-electron chi connectivity index (χ3n) is 3.88. The number of ether oxygens (including phenoxy) is 1. The highest BCUT2D eigenvalue weighted by atomic mass is 79.9. The van der Waals surface area contributed by atoms with Gasteiger partial charge in [-0.3, -0.25) is 0 Å². The molecule has 0 aliphatic heterocycles. The monoisotopic (exact) mass is 339 g/mol. The number of rotatable bonds is 4. The smallest absolute Gasteiger partial charge is 0.331 e. The largest absolute Gasteiger partial charge is 0.464 e. The lowest BCUT2D eigenvalue weighted by atomic mass is 9.87. The third-order valence-corrected chi connectivity index (χ3v) is 4.38. The zero-order valence-electron chi connectivity index (χ0n) is 12.3. The number of esters is 1. The van der Waals surface area contributed by atoms with Crippen molar-refractivity contribution < 1.29 is 9.53 Å². The molecule has 1 saturated carbocycles. The van der Waals surface area contributed by atoms with Gasteiger partial charge in [-0.2, -0.15) is 0 Å². The molecule has 1 unspecified atom stereocenters. The van der Waals surface area contributed by atoms with E-state index in [9.17, 15) is 4.79 Å². The summed E-state index contributed by atoms with van der Waals surface area (Å²) in [4.78, 5) is 12.4. The first kappa shape index (κ1) is 15.4. The SMILES string of the molecule is CCOC(=O)C1(Nc2cccc(Br)c2)CCC(C)(C)C1. The predicted molar refractivity (Wildman–Crippen MR) is 84.8 cm³/mol. The van der Waals surface area contributed by atoms with Crippen molar-refractivity contribution in [3.8, 4) is 0 Å². The minimum absolute atomic E-state index is 0.134. The second-order valence-electron chi connectivity index (χ2n) is 6.28. The minimum Gasteiger partial charge on any atom is -0.464 e. The number of carbonyl (C=O) groups is 1. The molecular weight excluding hydrogens is 318 g/mol. The van der Waals surface area contributed by atoms with Crippen LogP contribution in [-0.4, -0.2) is 18.1 Å². The highest BCUT2D eigenvalue weighted by Crippen LogP contribution is 2.46. The summed E-state index contributed by atoms with van der Waals surface area (Å²) in [6, 6.07) is 7.91. The van der Waals surface area contributed by atoms with Crippen LogP contribution in [0, 0.1) is 5.41 Å². The van der Waals surface area contributed by atoms with Gasteiger partial charge in [0.05, 0.1) is 6.61 Å². The lowest BCUT2D eigenvalue weighted by molar-refractivity contribution is -0.148. The fraction of sp³-hybridized carbons (Fsp3) is 0.562. The second kappa shape index (κ2) is 5.76. The highest BCUT2D eigenvalue weighted by Gasteiger charge is 2.49. The Bertz CT molecular complexity index is 501. The van der Waals surface area contributed by atoms with Gasteiger partial charge in [0.15, 0.2) is 0 Å². The lowest BCUT2D eigenvalue weighted by Gasteiger charge is -2.31. The maximum absolute atomic E-state index is 12.4. The molecule has 110 valence electrons. The number of hydrogen-bond acceptors (Lipinski definition) is 3. The van der Waals surface area contributed by atoms with E-state index in [1.165, 1.54) is 0 Å². The van der Waals surface area contributed by atoms with E-state index in [2.05, 4.69) is 35.1 Å². The van der Waals surface area contributed by atoms with Crippen molar-refractivity contribution in [3.05, 3.63) is 28.7 Å². The van der Waals surface area contributed by atoms with Crippen molar-refractivity contribution in [2.45, 2.75) is 45.6 Å². The summed E-state index contributed by atoms with van der Waals surface area (Å²) >= 11 is 3.46. The fourth-order valence-electron chi connectivity index (χ4n) is 2.99. The summed E-state index contributed by atoms with van der Waals surface area (Å²) < 4.78 is 6.31. The van der Waals surface area contributed by atoms with Crippen LogP contribution < -0.4 is 5.32 Å². The Hall–Kier alpha value is -1.03. The van der Waals surface area contributed by atoms with Crippen LogP contribution >= 0.6 is 15.9 Å². The van der Waals surface area contributed by atoms with Crippen LogP contribution in [0.1, 0.15) is 40.0 Å². The molecule has 20 heavy (non-hydrogen) atoms. The molecule has 0 aromatic heterocycles. The molecular formula is C16H22BrNO2. The van der Waals surface area contributed by atoms with E-state index in [1.807, 2.05) is 31.2 Å². The number of hydrogen-bond donors (Lipinski definition) is 1. The first-order valence-corrected chi connectivity index (χ1v) is 7.87. The van der Waals surface area contributed by atoms with Gasteiger partial charge in [-0.15, -0.1) is 0 Å². The van der Waals surface area contributed by atoms with Gasteiger partial charge in [0.1, 0.15) is 5.54 Å². The Labute approximate surface area is 129 Å². The lowest BCUT2D eigenvalue weighted by Crippen LogP contribution is -2.46. The van der Waals surface area contributed by atoms with Crippen LogP contribution in [0.15, 0.2) is 28.7 Å². The van der Waals surface area contributed by atoms with Crippen molar-refractivity contribution in [1.29, 1.82) is 0 Å². The van der Waals surface area contributed by atoms with Crippen LogP contribution in [0.4, 0.5) is 5.69 Å². The van der Waals surface area contributed by atoms with Crippen molar-refractivity contribution in [3.63, 3.8) is 0 Å². The Morgan fingerprint density at radius 2 is 2.15 bits per heavy atom. The van der Waals surface area contributed by atoms with E-state index >= 15 is 0 Å². The molecule has 1 atom stereocenters. The number of anilines is 1. The van der Waals surface area contributed by atoms with Crippen LogP contribution in [-0.2, 0) is 9.53 Å². The molecule has 0 bridgehead atoms. The molecule has 0 heterocycles. The number of benzene rings is 1. The van der Waals surface area contributed by atoms with Crippen molar-refractivity contribution in [1.82, 2.24) is 0 Å². The van der Waals surface area contributed by atoms with E-state index < -0.39 is 5.54 Å². The first-order valence-electron chi connectivity index (χ1n) is 7.08. The molecule has 0 amide bonds. The highest BCUT2D eigenvalue weighted by molar-refractivity contribution is 9.10. The number of halogens is 1. The maximum Gasteiger partial charge on any atom is 0.331 e. The van der Waals surface area contributed by atoms with Gasteiger partial charge in [0.2, 0.25) is 0 Å². The Balaban J connectivity index is 2.26. The molecule has 0 spiro atoms. The van der Waals surface area contributed by atoms with Crippen LogP contribution in [0.25, 0.3) is 0 Å².